The first kappa shape index (κ1) is 24.3. The minimum atomic E-state index is -0.434. The topological polar surface area (TPSA) is 60.7 Å². The molecule has 4 fully saturated rings. The highest BCUT2D eigenvalue weighted by molar-refractivity contribution is 5.35. The first-order chi connectivity index (χ1) is 15.2. The third-order valence-electron chi connectivity index (χ3n) is 13.2. The third-order valence-corrected chi connectivity index (χ3v) is 13.2. The van der Waals surface area contributed by atoms with Gasteiger partial charge in [-0.05, 0) is 103 Å². The van der Waals surface area contributed by atoms with E-state index in [1.165, 1.54) is 12.8 Å². The molecule has 0 spiro atoms. The number of fused-ring (bicyclic) bond motifs is 7. The van der Waals surface area contributed by atoms with Crippen molar-refractivity contribution < 1.29 is 15.3 Å². The van der Waals surface area contributed by atoms with Crippen LogP contribution in [0.1, 0.15) is 106 Å². The van der Waals surface area contributed by atoms with Gasteiger partial charge in [0.1, 0.15) is 0 Å². The van der Waals surface area contributed by atoms with E-state index in [0.717, 1.165) is 44.9 Å². The summed E-state index contributed by atoms with van der Waals surface area (Å²) in [5.41, 5.74) is 1.78. The van der Waals surface area contributed by atoms with Crippen LogP contribution in [0.3, 0.4) is 0 Å². The molecular formula is C30H50O3. The molecule has 0 radical (unpaired) electrons. The Balaban J connectivity index is 1.61. The quantitative estimate of drug-likeness (QED) is 0.415. The maximum absolute atomic E-state index is 11.7. The molecule has 33 heavy (non-hydrogen) atoms. The molecule has 0 aromatic rings. The number of rotatable bonds is 1. The van der Waals surface area contributed by atoms with Crippen molar-refractivity contribution in [1.82, 2.24) is 0 Å². The molecule has 3 heteroatoms. The van der Waals surface area contributed by atoms with E-state index in [4.69, 9.17) is 0 Å². The van der Waals surface area contributed by atoms with E-state index in [9.17, 15) is 15.3 Å². The molecule has 0 aromatic carbocycles. The van der Waals surface area contributed by atoms with Crippen LogP contribution in [0.4, 0.5) is 0 Å². The molecule has 0 aromatic heterocycles. The van der Waals surface area contributed by atoms with E-state index >= 15 is 0 Å². The van der Waals surface area contributed by atoms with Crippen LogP contribution in [0.2, 0.25) is 0 Å². The summed E-state index contributed by atoms with van der Waals surface area (Å²) in [6, 6.07) is 0. The Morgan fingerprint density at radius 3 is 2.18 bits per heavy atom. The van der Waals surface area contributed by atoms with Gasteiger partial charge in [0, 0.05) is 5.41 Å². The average molecular weight is 459 g/mol. The molecular weight excluding hydrogens is 408 g/mol. The summed E-state index contributed by atoms with van der Waals surface area (Å²) in [5.74, 6) is 1.41. The van der Waals surface area contributed by atoms with Crippen LogP contribution in [-0.2, 0) is 0 Å². The Labute approximate surface area is 202 Å². The first-order valence-corrected chi connectivity index (χ1v) is 13.9. The summed E-state index contributed by atoms with van der Waals surface area (Å²) in [7, 11) is 0. The standard InChI is InChI=1S/C30H50O3/c1-25(2)14-15-30(18-31)20(16-25)19-8-9-22-27(5)12-11-23(32)26(3,4)21(27)10-13-28(22,6)29(19,7)17-24(30)33/h8,20-24,31-33H,9-18H2,1-7H3/t20?,21?,22?,23-,24-,27-,28+,29?,30+/m0/s1. The molecule has 4 unspecified atom stereocenters. The fraction of sp³-hybridized carbons (Fsp3) is 0.933. The largest absolute Gasteiger partial charge is 0.396 e. The second-order valence-corrected chi connectivity index (χ2v) is 15.2. The lowest BCUT2D eigenvalue weighted by Crippen LogP contribution is -2.67. The van der Waals surface area contributed by atoms with Gasteiger partial charge in [-0.3, -0.25) is 0 Å². The Bertz CT molecular complexity index is 843. The van der Waals surface area contributed by atoms with Crippen molar-refractivity contribution in [2.75, 3.05) is 6.61 Å². The summed E-state index contributed by atoms with van der Waals surface area (Å²) >= 11 is 0. The van der Waals surface area contributed by atoms with Gasteiger partial charge in [-0.15, -0.1) is 0 Å². The van der Waals surface area contributed by atoms with Gasteiger partial charge >= 0.3 is 0 Å². The van der Waals surface area contributed by atoms with Crippen molar-refractivity contribution in [3.63, 3.8) is 0 Å². The zero-order chi connectivity index (χ0) is 24.2. The second-order valence-electron chi connectivity index (χ2n) is 15.2. The van der Waals surface area contributed by atoms with Crippen LogP contribution in [0.25, 0.3) is 0 Å². The SMILES string of the molecule is CC1(C)CC[C@@]2(CO)C(C1)C1=CCC3[C@@]4(C)CC[C@H](O)C(C)(C)C4CC[C@@]3(C)C1(C)C[C@@H]2O. The zero-order valence-corrected chi connectivity index (χ0v) is 22.4. The molecule has 5 aliphatic carbocycles. The molecule has 3 N–H and O–H groups in total. The van der Waals surface area contributed by atoms with Crippen molar-refractivity contribution in [1.29, 1.82) is 0 Å². The molecule has 0 bridgehead atoms. The van der Waals surface area contributed by atoms with Crippen LogP contribution in [0.5, 0.6) is 0 Å². The molecule has 4 saturated carbocycles. The molecule has 5 rings (SSSR count). The van der Waals surface area contributed by atoms with Crippen molar-refractivity contribution in [2.24, 2.45) is 50.2 Å². The minimum absolute atomic E-state index is 0.0275. The van der Waals surface area contributed by atoms with Gasteiger partial charge < -0.3 is 15.3 Å². The maximum Gasteiger partial charge on any atom is 0.0632 e. The molecule has 5 aliphatic rings. The second kappa shape index (κ2) is 7.10. The van der Waals surface area contributed by atoms with Crippen molar-refractivity contribution in [3.05, 3.63) is 11.6 Å². The normalized spacial score (nSPS) is 54.8. The summed E-state index contributed by atoms with van der Waals surface area (Å²) in [6.45, 7) is 17.0. The van der Waals surface area contributed by atoms with Gasteiger partial charge in [0.15, 0.2) is 0 Å². The summed E-state index contributed by atoms with van der Waals surface area (Å²) < 4.78 is 0. The summed E-state index contributed by atoms with van der Waals surface area (Å²) in [4.78, 5) is 0. The van der Waals surface area contributed by atoms with Gasteiger partial charge in [0.2, 0.25) is 0 Å². The highest BCUT2D eigenvalue weighted by Crippen LogP contribution is 2.75. The summed E-state index contributed by atoms with van der Waals surface area (Å²) in [5, 5.41) is 33.3. The zero-order valence-electron chi connectivity index (χ0n) is 22.4. The average Bonchev–Trinajstić information content (AvgIpc) is 2.71. The molecule has 0 amide bonds. The van der Waals surface area contributed by atoms with E-state index in [1.807, 2.05) is 0 Å². The van der Waals surface area contributed by atoms with Gasteiger partial charge in [-0.1, -0.05) is 60.1 Å². The molecule has 188 valence electrons. The lowest BCUT2D eigenvalue weighted by Gasteiger charge is -2.72. The van der Waals surface area contributed by atoms with Gasteiger partial charge in [0.05, 0.1) is 18.8 Å². The predicted molar refractivity (Wildman–Crippen MR) is 134 cm³/mol. The monoisotopic (exact) mass is 458 g/mol. The van der Waals surface area contributed by atoms with Gasteiger partial charge in [-0.25, -0.2) is 0 Å². The number of aliphatic hydroxyl groups excluding tert-OH is 3. The van der Waals surface area contributed by atoms with E-state index in [2.05, 4.69) is 54.5 Å². The number of hydrogen-bond acceptors (Lipinski definition) is 3. The van der Waals surface area contributed by atoms with Gasteiger partial charge in [0.25, 0.3) is 0 Å². The van der Waals surface area contributed by atoms with E-state index in [1.54, 1.807) is 5.57 Å². The summed E-state index contributed by atoms with van der Waals surface area (Å²) in [6.07, 6.45) is 11.3. The Kier molecular flexibility index (Phi) is 5.23. The van der Waals surface area contributed by atoms with E-state index in [0.29, 0.717) is 11.8 Å². The number of aliphatic hydroxyl groups is 3. The molecule has 3 nitrogen and oxygen atoms in total. The van der Waals surface area contributed by atoms with Crippen molar-refractivity contribution in [3.8, 4) is 0 Å². The molecule has 0 aliphatic heterocycles. The first-order valence-electron chi connectivity index (χ1n) is 13.9. The Morgan fingerprint density at radius 2 is 1.52 bits per heavy atom. The van der Waals surface area contributed by atoms with Crippen LogP contribution in [0, 0.1) is 50.2 Å². The van der Waals surface area contributed by atoms with Crippen molar-refractivity contribution in [2.45, 2.75) is 118 Å². The number of allylic oxidation sites excluding steroid dienone is 2. The van der Waals surface area contributed by atoms with Crippen LogP contribution < -0.4 is 0 Å². The highest BCUT2D eigenvalue weighted by Gasteiger charge is 2.69. The molecule has 0 saturated heterocycles. The third kappa shape index (κ3) is 2.91. The highest BCUT2D eigenvalue weighted by atomic mass is 16.3. The van der Waals surface area contributed by atoms with Crippen molar-refractivity contribution >= 4 is 0 Å². The predicted octanol–water partition coefficient (Wildman–Crippen LogP) is 6.11. The fourth-order valence-electron chi connectivity index (χ4n) is 10.7. The van der Waals surface area contributed by atoms with E-state index in [-0.39, 0.29) is 51.1 Å². The van der Waals surface area contributed by atoms with Crippen LogP contribution in [-0.4, -0.2) is 34.1 Å². The molecule has 9 atom stereocenters. The molecule has 0 heterocycles. The maximum atomic E-state index is 11.7. The Morgan fingerprint density at radius 1 is 0.818 bits per heavy atom. The number of hydrogen-bond donors (Lipinski definition) is 3. The van der Waals surface area contributed by atoms with Gasteiger partial charge in [-0.2, -0.15) is 0 Å². The Hall–Kier alpha value is -0.380. The smallest absolute Gasteiger partial charge is 0.0632 e. The fourth-order valence-corrected chi connectivity index (χ4v) is 10.7. The van der Waals surface area contributed by atoms with Crippen LogP contribution in [0.15, 0.2) is 11.6 Å². The van der Waals surface area contributed by atoms with Crippen LogP contribution >= 0.6 is 0 Å². The lowest BCUT2D eigenvalue weighted by molar-refractivity contribution is -0.218. The lowest BCUT2D eigenvalue weighted by atomic mass is 9.33. The minimum Gasteiger partial charge on any atom is -0.396 e. The van der Waals surface area contributed by atoms with E-state index < -0.39 is 6.10 Å².